The molecule has 3 aliphatic rings. The number of hydrogen-bond acceptors (Lipinski definition) is 10. The molecule has 10 heteroatoms. The van der Waals surface area contributed by atoms with Gasteiger partial charge in [0, 0.05) is 43.7 Å². The van der Waals surface area contributed by atoms with Crippen LogP contribution in [-0.4, -0.2) is 112 Å². The van der Waals surface area contributed by atoms with Gasteiger partial charge < -0.3 is 43.5 Å². The van der Waals surface area contributed by atoms with Gasteiger partial charge in [-0.3, -0.25) is 0 Å². The van der Waals surface area contributed by atoms with Crippen molar-refractivity contribution in [3.05, 3.63) is 23.3 Å². The second kappa shape index (κ2) is 16.3. The van der Waals surface area contributed by atoms with Gasteiger partial charge in [0.05, 0.1) is 51.3 Å². The lowest BCUT2D eigenvalue weighted by Gasteiger charge is -2.61. The number of carbonyl (C=O) groups is 1. The fraction of sp³-hybridized carbons (Fsp3) is 0.811. The molecule has 2 N–H and O–H groups in total. The number of phenolic OH excluding ortho intramolecular Hbond substituents is 1. The molecule has 2 aliphatic carbocycles. The van der Waals surface area contributed by atoms with Gasteiger partial charge in [-0.2, -0.15) is 0 Å². The maximum absolute atomic E-state index is 12.8. The number of benzene rings is 1. The molecule has 2 saturated carbocycles. The van der Waals surface area contributed by atoms with E-state index in [1.54, 1.807) is 20.3 Å². The van der Waals surface area contributed by atoms with E-state index in [0.29, 0.717) is 39.5 Å². The highest BCUT2D eigenvalue weighted by molar-refractivity contribution is 5.75. The van der Waals surface area contributed by atoms with Crippen LogP contribution in [0.4, 0.5) is 0 Å². The number of phenols is 1. The van der Waals surface area contributed by atoms with Crippen LogP contribution in [0.2, 0.25) is 0 Å². The summed E-state index contributed by atoms with van der Waals surface area (Å²) in [4.78, 5) is 15.4. The Labute approximate surface area is 282 Å². The van der Waals surface area contributed by atoms with Gasteiger partial charge in [0.25, 0.3) is 0 Å². The number of aliphatic hydroxyl groups is 1. The summed E-state index contributed by atoms with van der Waals surface area (Å²) in [6, 6.07) is 3.85. The van der Waals surface area contributed by atoms with Gasteiger partial charge in [0.1, 0.15) is 6.61 Å². The number of likely N-dealkylation sites (tertiary alicyclic amines) is 1. The minimum atomic E-state index is -0.963. The molecule has 1 aromatic carbocycles. The first kappa shape index (κ1) is 38.0. The summed E-state index contributed by atoms with van der Waals surface area (Å²) in [5, 5.41) is 23.9. The largest absolute Gasteiger partial charge is 0.504 e. The number of fused-ring (bicyclic) bond motifs is 1. The Hall–Kier alpha value is -1.79. The molecule has 4 rings (SSSR count). The highest BCUT2D eigenvalue weighted by atomic mass is 16.6. The summed E-state index contributed by atoms with van der Waals surface area (Å²) in [5.41, 5.74) is 0.0750. The van der Waals surface area contributed by atoms with Crippen molar-refractivity contribution in [2.45, 2.75) is 96.8 Å². The maximum Gasteiger partial charge on any atom is 0.337 e. The molecule has 1 saturated heterocycles. The number of aromatic hydroxyl groups is 1. The predicted molar refractivity (Wildman–Crippen MR) is 180 cm³/mol. The number of hydrogen-bond donors (Lipinski definition) is 2. The summed E-state index contributed by atoms with van der Waals surface area (Å²) in [7, 11) is 3.36. The van der Waals surface area contributed by atoms with Crippen LogP contribution in [0.3, 0.4) is 0 Å². The molecule has 6 atom stereocenters. The number of nitrogens with zero attached hydrogens (tertiary/aromatic N) is 1. The molecule has 6 unspecified atom stereocenters. The maximum atomic E-state index is 12.8. The Kier molecular flexibility index (Phi) is 13.2. The second-order valence-corrected chi connectivity index (χ2v) is 15.3. The van der Waals surface area contributed by atoms with E-state index in [1.165, 1.54) is 12.8 Å². The molecule has 0 radical (unpaired) electrons. The Morgan fingerprint density at radius 3 is 2.23 bits per heavy atom. The molecule has 0 spiro atoms. The number of methoxy groups -OCH3 is 2. The fourth-order valence-electron chi connectivity index (χ4n) is 8.02. The molecule has 0 amide bonds. The third-order valence-corrected chi connectivity index (χ3v) is 11.4. The summed E-state index contributed by atoms with van der Waals surface area (Å²) in [6.45, 7) is 16.8. The highest BCUT2D eigenvalue weighted by Gasteiger charge is 2.59. The zero-order valence-electron chi connectivity index (χ0n) is 30.1. The van der Waals surface area contributed by atoms with Crippen LogP contribution in [-0.2, 0) is 33.9 Å². The zero-order chi connectivity index (χ0) is 34.4. The van der Waals surface area contributed by atoms with Gasteiger partial charge in [-0.05, 0) is 88.3 Å². The van der Waals surface area contributed by atoms with Crippen molar-refractivity contribution in [3.8, 4) is 11.5 Å². The molecular formula is C37H61NO9. The Morgan fingerprint density at radius 1 is 1.00 bits per heavy atom. The third-order valence-electron chi connectivity index (χ3n) is 11.4. The monoisotopic (exact) mass is 663 g/mol. The van der Waals surface area contributed by atoms with Crippen molar-refractivity contribution >= 4 is 5.97 Å². The molecule has 1 heterocycles. The number of ether oxygens (including phenoxy) is 6. The molecule has 3 fully saturated rings. The van der Waals surface area contributed by atoms with Crippen molar-refractivity contribution in [3.63, 3.8) is 0 Å². The van der Waals surface area contributed by atoms with E-state index in [-0.39, 0.29) is 54.1 Å². The first-order chi connectivity index (χ1) is 22.3. The van der Waals surface area contributed by atoms with E-state index in [9.17, 15) is 15.0 Å². The molecule has 268 valence electrons. The zero-order valence-corrected chi connectivity index (χ0v) is 30.1. The summed E-state index contributed by atoms with van der Waals surface area (Å²) in [6.07, 6.45) is 4.66. The molecule has 0 bridgehead atoms. The summed E-state index contributed by atoms with van der Waals surface area (Å²) >= 11 is 0. The molecular weight excluding hydrogens is 602 g/mol. The first-order valence-corrected chi connectivity index (χ1v) is 17.5. The standard InChI is InChI=1S/C37H61NO9/c1-25-9-12-30(47-32(39)24-46-20-19-45-18-17-44-16-15-42-7)34(40)33(25)37-13-14-38(23-27-10-11-27)26(2)28(37)21-29(31(22-37)43-8)36(6,41)35(3,4)5/h9,12,26-29,31,40-41H,10-11,13-24H2,1-8H3. The Morgan fingerprint density at radius 2 is 1.64 bits per heavy atom. The van der Waals surface area contributed by atoms with Crippen LogP contribution in [0.15, 0.2) is 12.1 Å². The van der Waals surface area contributed by atoms with E-state index in [4.69, 9.17) is 28.4 Å². The lowest BCUT2D eigenvalue weighted by Crippen LogP contribution is -2.64. The summed E-state index contributed by atoms with van der Waals surface area (Å²) in [5.74, 6) is 0.410. The molecule has 0 aromatic heterocycles. The molecule has 1 aromatic rings. The fourth-order valence-corrected chi connectivity index (χ4v) is 8.02. The minimum Gasteiger partial charge on any atom is -0.504 e. The van der Waals surface area contributed by atoms with E-state index < -0.39 is 17.0 Å². The van der Waals surface area contributed by atoms with E-state index in [0.717, 1.165) is 43.0 Å². The number of piperidine rings is 1. The quantitative estimate of drug-likeness (QED) is 0.136. The average molecular weight is 664 g/mol. The Bertz CT molecular complexity index is 1160. The van der Waals surface area contributed by atoms with Gasteiger partial charge in [-0.1, -0.05) is 26.8 Å². The van der Waals surface area contributed by atoms with Gasteiger partial charge in [0.2, 0.25) is 0 Å². The minimum absolute atomic E-state index is 0.0129. The van der Waals surface area contributed by atoms with Crippen molar-refractivity contribution in [1.29, 1.82) is 0 Å². The van der Waals surface area contributed by atoms with Crippen LogP contribution in [0.1, 0.15) is 77.8 Å². The molecule has 1 aliphatic heterocycles. The van der Waals surface area contributed by atoms with Crippen molar-refractivity contribution in [1.82, 2.24) is 4.90 Å². The Balaban J connectivity index is 1.51. The molecule has 10 nitrogen and oxygen atoms in total. The van der Waals surface area contributed by atoms with Crippen LogP contribution in [0.5, 0.6) is 11.5 Å². The van der Waals surface area contributed by atoms with Gasteiger partial charge >= 0.3 is 5.97 Å². The normalized spacial score (nSPS) is 28.1. The van der Waals surface area contributed by atoms with E-state index >= 15 is 0 Å². The number of esters is 1. The second-order valence-electron chi connectivity index (χ2n) is 15.3. The summed E-state index contributed by atoms with van der Waals surface area (Å²) < 4.78 is 33.2. The number of carbonyl (C=O) groups excluding carboxylic acids is 1. The molecule has 47 heavy (non-hydrogen) atoms. The van der Waals surface area contributed by atoms with Gasteiger partial charge in [-0.15, -0.1) is 0 Å². The average Bonchev–Trinajstić information content (AvgIpc) is 3.84. The van der Waals surface area contributed by atoms with E-state index in [1.807, 2.05) is 19.9 Å². The van der Waals surface area contributed by atoms with Crippen LogP contribution >= 0.6 is 0 Å². The number of aryl methyl sites for hydroxylation is 1. The highest BCUT2D eigenvalue weighted by Crippen LogP contribution is 2.60. The van der Waals surface area contributed by atoms with Crippen LogP contribution < -0.4 is 4.74 Å². The van der Waals surface area contributed by atoms with Gasteiger partial charge in [0.15, 0.2) is 11.5 Å². The van der Waals surface area contributed by atoms with Crippen molar-refractivity contribution in [2.75, 3.05) is 73.6 Å². The van der Waals surface area contributed by atoms with Crippen LogP contribution in [0.25, 0.3) is 0 Å². The topological polar surface area (TPSA) is 116 Å². The van der Waals surface area contributed by atoms with Crippen molar-refractivity contribution in [2.24, 2.45) is 23.2 Å². The SMILES string of the molecule is COCCOCCOCCOCC(=O)Oc1ccc(C)c(C23CCN(CC4CC4)C(C)C2CC(C(C)(O)C(C)(C)C)C(OC)C3)c1O. The first-order valence-electron chi connectivity index (χ1n) is 17.5. The van der Waals surface area contributed by atoms with Crippen LogP contribution in [0, 0.1) is 30.1 Å². The number of rotatable bonds is 17. The third kappa shape index (κ3) is 8.87. The lowest BCUT2D eigenvalue weighted by molar-refractivity contribution is -0.175. The lowest BCUT2D eigenvalue weighted by atomic mass is 9.50. The smallest absolute Gasteiger partial charge is 0.337 e. The van der Waals surface area contributed by atoms with Crippen molar-refractivity contribution < 1.29 is 43.4 Å². The van der Waals surface area contributed by atoms with Gasteiger partial charge in [-0.25, -0.2) is 4.79 Å². The predicted octanol–water partition coefficient (Wildman–Crippen LogP) is 4.88. The van der Waals surface area contributed by atoms with E-state index in [2.05, 4.69) is 32.6 Å².